The van der Waals surface area contributed by atoms with E-state index in [1.807, 2.05) is 36.4 Å². The minimum Gasteiger partial charge on any atom is -0.469 e. The number of methoxy groups -OCH3 is 1. The Morgan fingerprint density at radius 1 is 1.44 bits per heavy atom. The van der Waals surface area contributed by atoms with E-state index in [1.54, 1.807) is 12.2 Å². The molecule has 1 unspecified atom stereocenters. The number of rotatable bonds is 5. The summed E-state index contributed by atoms with van der Waals surface area (Å²) in [6.07, 6.45) is 3.96. The zero-order valence-corrected chi connectivity index (χ0v) is 10.8. The molecule has 0 saturated heterocycles. The van der Waals surface area contributed by atoms with Gasteiger partial charge in [-0.2, -0.15) is 0 Å². The number of aliphatic hydroxyl groups is 1. The van der Waals surface area contributed by atoms with Gasteiger partial charge in [0.25, 0.3) is 0 Å². The quantitative estimate of drug-likeness (QED) is 0.658. The SMILES string of the molecule is COC(=O)CC(O)/C(Cl)=C/C=C/c1ccccc1. The minimum absolute atomic E-state index is 0.148. The lowest BCUT2D eigenvalue weighted by Crippen LogP contribution is -2.14. The summed E-state index contributed by atoms with van der Waals surface area (Å²) in [5.74, 6) is -0.499. The van der Waals surface area contributed by atoms with Crippen molar-refractivity contribution in [2.24, 2.45) is 0 Å². The first-order valence-electron chi connectivity index (χ1n) is 5.47. The Hall–Kier alpha value is -1.58. The number of carbonyl (C=O) groups is 1. The van der Waals surface area contributed by atoms with Gasteiger partial charge in [-0.15, -0.1) is 0 Å². The molecule has 1 aromatic rings. The first-order valence-corrected chi connectivity index (χ1v) is 5.85. The maximum atomic E-state index is 10.9. The van der Waals surface area contributed by atoms with Crippen LogP contribution in [0.25, 0.3) is 6.08 Å². The highest BCUT2D eigenvalue weighted by molar-refractivity contribution is 6.30. The molecule has 0 aromatic heterocycles. The van der Waals surface area contributed by atoms with Crippen molar-refractivity contribution in [1.82, 2.24) is 0 Å². The van der Waals surface area contributed by atoms with Crippen molar-refractivity contribution in [3.8, 4) is 0 Å². The topological polar surface area (TPSA) is 46.5 Å². The number of allylic oxidation sites excluding steroid dienone is 2. The predicted molar refractivity (Wildman–Crippen MR) is 72.1 cm³/mol. The Morgan fingerprint density at radius 3 is 2.72 bits per heavy atom. The summed E-state index contributed by atoms with van der Waals surface area (Å²) < 4.78 is 4.44. The summed E-state index contributed by atoms with van der Waals surface area (Å²) in [6.45, 7) is 0. The number of benzene rings is 1. The Balaban J connectivity index is 2.56. The first kappa shape index (κ1) is 14.5. The lowest BCUT2D eigenvalue weighted by molar-refractivity contribution is -0.142. The zero-order chi connectivity index (χ0) is 13.4. The molecular weight excluding hydrogens is 252 g/mol. The average molecular weight is 267 g/mol. The van der Waals surface area contributed by atoms with Crippen LogP contribution in [-0.4, -0.2) is 24.3 Å². The molecule has 0 fully saturated rings. The fourth-order valence-corrected chi connectivity index (χ4v) is 1.41. The van der Waals surface area contributed by atoms with Crippen molar-refractivity contribution < 1.29 is 14.6 Å². The number of ether oxygens (including phenoxy) is 1. The molecule has 0 bridgehead atoms. The molecule has 0 radical (unpaired) electrons. The van der Waals surface area contributed by atoms with Gasteiger partial charge in [0.2, 0.25) is 0 Å². The molecule has 18 heavy (non-hydrogen) atoms. The summed E-state index contributed by atoms with van der Waals surface area (Å²) >= 11 is 5.85. The van der Waals surface area contributed by atoms with Crippen LogP contribution in [0.4, 0.5) is 0 Å². The summed E-state index contributed by atoms with van der Waals surface area (Å²) in [5.41, 5.74) is 1.03. The van der Waals surface area contributed by atoms with E-state index in [0.29, 0.717) is 0 Å². The second kappa shape index (κ2) is 7.69. The highest BCUT2D eigenvalue weighted by atomic mass is 35.5. The van der Waals surface area contributed by atoms with E-state index in [1.165, 1.54) is 7.11 Å². The molecule has 1 rings (SSSR count). The van der Waals surface area contributed by atoms with E-state index in [0.717, 1.165) is 5.56 Å². The molecule has 0 amide bonds. The largest absolute Gasteiger partial charge is 0.469 e. The molecule has 1 N–H and O–H groups in total. The third-order valence-electron chi connectivity index (χ3n) is 2.25. The van der Waals surface area contributed by atoms with Crippen LogP contribution in [0.2, 0.25) is 0 Å². The molecule has 0 heterocycles. The predicted octanol–water partition coefficient (Wildman–Crippen LogP) is 2.75. The van der Waals surface area contributed by atoms with Crippen LogP contribution in [0, 0.1) is 0 Å². The van der Waals surface area contributed by atoms with Crippen molar-refractivity contribution in [2.45, 2.75) is 12.5 Å². The molecule has 4 heteroatoms. The maximum Gasteiger partial charge on any atom is 0.308 e. The van der Waals surface area contributed by atoms with Crippen molar-refractivity contribution in [1.29, 1.82) is 0 Å². The standard InChI is InChI=1S/C14H15ClO3/c1-18-14(17)10-13(16)12(15)9-5-8-11-6-3-2-4-7-11/h2-9,13,16H,10H2,1H3/b8-5+,12-9-. The molecule has 0 spiro atoms. The molecule has 1 aromatic carbocycles. The van der Waals surface area contributed by atoms with Crippen LogP contribution < -0.4 is 0 Å². The Morgan fingerprint density at radius 2 is 2.11 bits per heavy atom. The van der Waals surface area contributed by atoms with Gasteiger partial charge in [0.15, 0.2) is 0 Å². The minimum atomic E-state index is -1.03. The van der Waals surface area contributed by atoms with Crippen LogP contribution >= 0.6 is 11.6 Å². The van der Waals surface area contributed by atoms with Crippen LogP contribution in [0.15, 0.2) is 47.5 Å². The molecular formula is C14H15ClO3. The summed E-state index contributed by atoms with van der Waals surface area (Å²) in [7, 11) is 1.27. The highest BCUT2D eigenvalue weighted by Crippen LogP contribution is 2.12. The number of hydrogen-bond donors (Lipinski definition) is 1. The second-order valence-corrected chi connectivity index (χ2v) is 4.05. The molecule has 96 valence electrons. The number of hydrogen-bond acceptors (Lipinski definition) is 3. The Labute approximate surface area is 111 Å². The number of halogens is 1. The van der Waals surface area contributed by atoms with Gasteiger partial charge in [0.1, 0.15) is 0 Å². The molecule has 3 nitrogen and oxygen atoms in total. The van der Waals surface area contributed by atoms with Gasteiger partial charge in [0.05, 0.1) is 19.6 Å². The van der Waals surface area contributed by atoms with E-state index in [9.17, 15) is 9.90 Å². The van der Waals surface area contributed by atoms with Gasteiger partial charge in [-0.1, -0.05) is 54.1 Å². The van der Waals surface area contributed by atoms with Crippen molar-refractivity contribution in [3.63, 3.8) is 0 Å². The Bertz CT molecular complexity index is 438. The third-order valence-corrected chi connectivity index (χ3v) is 2.63. The number of esters is 1. The second-order valence-electron chi connectivity index (χ2n) is 3.62. The van der Waals surface area contributed by atoms with Crippen molar-refractivity contribution in [3.05, 3.63) is 53.1 Å². The fourth-order valence-electron chi connectivity index (χ4n) is 1.27. The van der Waals surface area contributed by atoms with Crippen molar-refractivity contribution >= 4 is 23.6 Å². The van der Waals surface area contributed by atoms with E-state index in [2.05, 4.69) is 4.74 Å². The van der Waals surface area contributed by atoms with Gasteiger partial charge >= 0.3 is 5.97 Å². The van der Waals surface area contributed by atoms with Crippen LogP contribution in [-0.2, 0) is 9.53 Å². The van der Waals surface area contributed by atoms with Gasteiger partial charge in [0, 0.05) is 5.03 Å². The van der Waals surface area contributed by atoms with Crippen LogP contribution in [0.3, 0.4) is 0 Å². The molecule has 0 saturated carbocycles. The zero-order valence-electron chi connectivity index (χ0n) is 10.0. The van der Waals surface area contributed by atoms with Gasteiger partial charge < -0.3 is 9.84 Å². The van der Waals surface area contributed by atoms with E-state index in [-0.39, 0.29) is 11.5 Å². The molecule has 0 aliphatic rings. The van der Waals surface area contributed by atoms with E-state index in [4.69, 9.17) is 11.6 Å². The molecule has 1 atom stereocenters. The lowest BCUT2D eigenvalue weighted by atomic mass is 10.2. The first-order chi connectivity index (χ1) is 8.63. The van der Waals surface area contributed by atoms with Gasteiger partial charge in [-0.25, -0.2) is 0 Å². The number of carbonyl (C=O) groups excluding carboxylic acids is 1. The van der Waals surface area contributed by atoms with Gasteiger partial charge in [-0.05, 0) is 11.6 Å². The monoisotopic (exact) mass is 266 g/mol. The normalized spacial score (nSPS) is 13.6. The van der Waals surface area contributed by atoms with E-state index < -0.39 is 12.1 Å². The fraction of sp³-hybridized carbons (Fsp3) is 0.214. The van der Waals surface area contributed by atoms with Gasteiger partial charge in [-0.3, -0.25) is 4.79 Å². The van der Waals surface area contributed by atoms with E-state index >= 15 is 0 Å². The lowest BCUT2D eigenvalue weighted by Gasteiger charge is -2.06. The summed E-state index contributed by atoms with van der Waals surface area (Å²) in [6, 6.07) is 9.68. The Kier molecular flexibility index (Phi) is 6.19. The summed E-state index contributed by atoms with van der Waals surface area (Å²) in [5, 5.41) is 9.78. The highest BCUT2D eigenvalue weighted by Gasteiger charge is 2.13. The smallest absolute Gasteiger partial charge is 0.308 e. The van der Waals surface area contributed by atoms with Crippen molar-refractivity contribution in [2.75, 3.05) is 7.11 Å². The number of aliphatic hydroxyl groups excluding tert-OH is 1. The average Bonchev–Trinajstić information content (AvgIpc) is 2.39. The van der Waals surface area contributed by atoms with Crippen LogP contribution in [0.1, 0.15) is 12.0 Å². The third kappa shape index (κ3) is 5.17. The maximum absolute atomic E-state index is 10.9. The van der Waals surface area contributed by atoms with Crippen LogP contribution in [0.5, 0.6) is 0 Å². The summed E-state index contributed by atoms with van der Waals surface area (Å²) in [4.78, 5) is 10.9. The molecule has 0 aliphatic carbocycles. The molecule has 0 aliphatic heterocycles.